The van der Waals surface area contributed by atoms with Gasteiger partial charge in [0.05, 0.1) is 5.69 Å². The number of thiazole rings is 1. The van der Waals surface area contributed by atoms with Crippen LogP contribution in [0.15, 0.2) is 11.5 Å². The molecule has 1 aromatic heterocycles. The van der Waals surface area contributed by atoms with Crippen molar-refractivity contribution in [3.05, 3.63) is 22.2 Å². The molecule has 0 atom stereocenters. The standard InChI is InChI=1S/C8H8ClNO2S/c9-4-2-1-3-6-5-13-7(10-6)8(11)12/h1,3,5H,2,4H2,(H,11,12)/p-1. The number of aromatic nitrogens is 1. The number of hydrogen-bond donors (Lipinski definition) is 0. The molecule has 13 heavy (non-hydrogen) atoms. The zero-order chi connectivity index (χ0) is 9.68. The summed E-state index contributed by atoms with van der Waals surface area (Å²) in [7, 11) is 0. The first-order chi connectivity index (χ1) is 6.24. The van der Waals surface area contributed by atoms with Gasteiger partial charge in [0.15, 0.2) is 0 Å². The van der Waals surface area contributed by atoms with E-state index >= 15 is 0 Å². The highest BCUT2D eigenvalue weighted by Gasteiger charge is 1.98. The predicted molar refractivity (Wildman–Crippen MR) is 50.8 cm³/mol. The number of carboxylic acids is 1. The zero-order valence-electron chi connectivity index (χ0n) is 6.70. The van der Waals surface area contributed by atoms with Crippen molar-refractivity contribution < 1.29 is 9.90 Å². The monoisotopic (exact) mass is 216 g/mol. The minimum atomic E-state index is -1.23. The van der Waals surface area contributed by atoms with Gasteiger partial charge in [-0.25, -0.2) is 4.98 Å². The summed E-state index contributed by atoms with van der Waals surface area (Å²) in [6.07, 6.45) is 4.34. The van der Waals surface area contributed by atoms with Gasteiger partial charge in [0.25, 0.3) is 0 Å². The molecule has 1 heterocycles. The van der Waals surface area contributed by atoms with Crippen molar-refractivity contribution in [2.24, 2.45) is 0 Å². The minimum Gasteiger partial charge on any atom is -0.542 e. The Labute approximate surface area is 84.7 Å². The van der Waals surface area contributed by atoms with Crippen LogP contribution in [0.2, 0.25) is 0 Å². The molecule has 1 rings (SSSR count). The number of carbonyl (C=O) groups excluding carboxylic acids is 1. The van der Waals surface area contributed by atoms with E-state index in [1.807, 2.05) is 6.08 Å². The summed E-state index contributed by atoms with van der Waals surface area (Å²) in [5, 5.41) is 12.0. The van der Waals surface area contributed by atoms with Gasteiger partial charge in [0, 0.05) is 11.3 Å². The van der Waals surface area contributed by atoms with Gasteiger partial charge in [-0.2, -0.15) is 0 Å². The van der Waals surface area contributed by atoms with Crippen molar-refractivity contribution in [1.82, 2.24) is 4.98 Å². The Bertz CT molecular complexity index is 322. The van der Waals surface area contributed by atoms with Crippen LogP contribution < -0.4 is 5.11 Å². The number of alkyl halides is 1. The van der Waals surface area contributed by atoms with Crippen LogP contribution in [0.3, 0.4) is 0 Å². The fourth-order valence-electron chi connectivity index (χ4n) is 0.724. The second-order valence-electron chi connectivity index (χ2n) is 2.25. The van der Waals surface area contributed by atoms with E-state index in [4.69, 9.17) is 11.6 Å². The maximum absolute atomic E-state index is 10.3. The molecule has 0 spiro atoms. The largest absolute Gasteiger partial charge is 0.542 e. The third kappa shape index (κ3) is 3.16. The van der Waals surface area contributed by atoms with Crippen LogP contribution in [-0.2, 0) is 0 Å². The van der Waals surface area contributed by atoms with E-state index < -0.39 is 5.97 Å². The first-order valence-corrected chi connectivity index (χ1v) is 5.05. The van der Waals surface area contributed by atoms with E-state index in [0.29, 0.717) is 11.6 Å². The zero-order valence-corrected chi connectivity index (χ0v) is 8.27. The Balaban J connectivity index is 2.64. The first kappa shape index (κ1) is 10.2. The van der Waals surface area contributed by atoms with Gasteiger partial charge in [-0.3, -0.25) is 0 Å². The summed E-state index contributed by atoms with van der Waals surface area (Å²) in [4.78, 5) is 14.1. The van der Waals surface area contributed by atoms with E-state index in [1.54, 1.807) is 11.5 Å². The molecule has 0 saturated carbocycles. The summed E-state index contributed by atoms with van der Waals surface area (Å²) in [6, 6.07) is 0. The van der Waals surface area contributed by atoms with Crippen LogP contribution in [0.5, 0.6) is 0 Å². The fraction of sp³-hybridized carbons (Fsp3) is 0.250. The van der Waals surface area contributed by atoms with Gasteiger partial charge in [0.2, 0.25) is 0 Å². The summed E-state index contributed by atoms with van der Waals surface area (Å²) in [5.41, 5.74) is 0.634. The highest BCUT2D eigenvalue weighted by atomic mass is 35.5. The number of allylic oxidation sites excluding steroid dienone is 1. The number of carboxylic acid groups (broad SMARTS) is 1. The SMILES string of the molecule is O=C([O-])c1nc(C=CCCCl)cs1. The van der Waals surface area contributed by atoms with Crippen molar-refractivity contribution in [3.8, 4) is 0 Å². The third-order valence-electron chi connectivity index (χ3n) is 1.26. The van der Waals surface area contributed by atoms with Gasteiger partial charge in [-0.15, -0.1) is 22.9 Å². The minimum absolute atomic E-state index is 0.00511. The third-order valence-corrected chi connectivity index (χ3v) is 2.32. The molecule has 0 N–H and O–H groups in total. The average Bonchev–Trinajstić information content (AvgIpc) is 2.53. The molecule has 5 heteroatoms. The highest BCUT2D eigenvalue weighted by molar-refractivity contribution is 7.11. The fourth-order valence-corrected chi connectivity index (χ4v) is 1.47. The summed E-state index contributed by atoms with van der Waals surface area (Å²) < 4.78 is 0. The molecule has 0 aliphatic heterocycles. The van der Waals surface area contributed by atoms with Crippen molar-refractivity contribution >= 4 is 35.0 Å². The number of hydrogen-bond acceptors (Lipinski definition) is 4. The molecule has 0 aromatic carbocycles. The average molecular weight is 217 g/mol. The van der Waals surface area contributed by atoms with Gasteiger partial charge in [-0.1, -0.05) is 6.08 Å². The molecular formula is C8H7ClNO2S-. The van der Waals surface area contributed by atoms with Crippen LogP contribution in [-0.4, -0.2) is 16.8 Å². The number of aromatic carboxylic acids is 1. The lowest BCUT2D eigenvalue weighted by atomic mass is 10.3. The van der Waals surface area contributed by atoms with Crippen LogP contribution in [0.1, 0.15) is 21.9 Å². The molecule has 1 aromatic rings. The van der Waals surface area contributed by atoms with E-state index in [-0.39, 0.29) is 5.01 Å². The quantitative estimate of drug-likeness (QED) is 0.710. The molecule has 0 unspecified atom stereocenters. The first-order valence-electron chi connectivity index (χ1n) is 3.63. The molecule has 0 saturated heterocycles. The molecule has 0 bridgehead atoms. The number of carbonyl (C=O) groups is 1. The molecule has 0 radical (unpaired) electrons. The molecule has 3 nitrogen and oxygen atoms in total. The Morgan fingerprint density at radius 3 is 3.08 bits per heavy atom. The van der Waals surface area contributed by atoms with E-state index in [1.165, 1.54) is 0 Å². The lowest BCUT2D eigenvalue weighted by molar-refractivity contribution is -0.255. The Hall–Kier alpha value is -0.870. The topological polar surface area (TPSA) is 53.0 Å². The van der Waals surface area contributed by atoms with E-state index in [0.717, 1.165) is 17.8 Å². The van der Waals surface area contributed by atoms with Gasteiger partial charge in [0.1, 0.15) is 11.0 Å². The molecule has 70 valence electrons. The predicted octanol–water partition coefficient (Wildman–Crippen LogP) is 1.15. The number of halogens is 1. The van der Waals surface area contributed by atoms with Crippen LogP contribution >= 0.6 is 22.9 Å². The molecule has 0 fully saturated rings. The second kappa shape index (κ2) is 4.99. The maximum atomic E-state index is 10.3. The summed E-state index contributed by atoms with van der Waals surface area (Å²) >= 11 is 6.51. The summed E-state index contributed by atoms with van der Waals surface area (Å²) in [5.74, 6) is -0.685. The smallest absolute Gasteiger partial charge is 0.139 e. The Morgan fingerprint density at radius 1 is 1.77 bits per heavy atom. The maximum Gasteiger partial charge on any atom is 0.139 e. The van der Waals surface area contributed by atoms with Crippen molar-refractivity contribution in [1.29, 1.82) is 0 Å². The van der Waals surface area contributed by atoms with Crippen LogP contribution in [0.25, 0.3) is 6.08 Å². The van der Waals surface area contributed by atoms with Crippen LogP contribution in [0, 0.1) is 0 Å². The lowest BCUT2D eigenvalue weighted by Gasteiger charge is -1.91. The normalized spacial score (nSPS) is 10.8. The van der Waals surface area contributed by atoms with Gasteiger partial charge >= 0.3 is 0 Å². The Kier molecular flexibility index (Phi) is 3.92. The van der Waals surface area contributed by atoms with E-state index in [2.05, 4.69) is 4.98 Å². The molecule has 0 aliphatic carbocycles. The molecular weight excluding hydrogens is 210 g/mol. The summed E-state index contributed by atoms with van der Waals surface area (Å²) in [6.45, 7) is 0. The van der Waals surface area contributed by atoms with E-state index in [9.17, 15) is 9.90 Å². The molecule has 0 aliphatic rings. The number of rotatable bonds is 4. The van der Waals surface area contributed by atoms with Crippen molar-refractivity contribution in [2.45, 2.75) is 6.42 Å². The highest BCUT2D eigenvalue weighted by Crippen LogP contribution is 2.10. The second-order valence-corrected chi connectivity index (χ2v) is 3.48. The Morgan fingerprint density at radius 2 is 2.54 bits per heavy atom. The lowest BCUT2D eigenvalue weighted by Crippen LogP contribution is -2.21. The van der Waals surface area contributed by atoms with Crippen LogP contribution in [0.4, 0.5) is 0 Å². The molecule has 0 amide bonds. The van der Waals surface area contributed by atoms with Gasteiger partial charge < -0.3 is 9.90 Å². The van der Waals surface area contributed by atoms with Crippen molar-refractivity contribution in [2.75, 3.05) is 5.88 Å². The number of nitrogens with zero attached hydrogens (tertiary/aromatic N) is 1. The van der Waals surface area contributed by atoms with Crippen molar-refractivity contribution in [3.63, 3.8) is 0 Å². The van der Waals surface area contributed by atoms with Gasteiger partial charge in [-0.05, 0) is 12.5 Å².